The first-order valence-corrected chi connectivity index (χ1v) is 7.26. The Labute approximate surface area is 111 Å². The normalized spacial score (nSPS) is 20.7. The summed E-state index contributed by atoms with van der Waals surface area (Å²) in [6.07, 6.45) is 4.00. The Balaban J connectivity index is 2.19. The van der Waals surface area contributed by atoms with Crippen molar-refractivity contribution in [2.45, 2.75) is 46.1 Å². The van der Waals surface area contributed by atoms with E-state index in [0.717, 1.165) is 13.1 Å². The summed E-state index contributed by atoms with van der Waals surface area (Å²) in [5, 5.41) is 2.96. The van der Waals surface area contributed by atoms with E-state index in [0.29, 0.717) is 5.92 Å². The minimum Gasteiger partial charge on any atom is -0.354 e. The molecule has 4 heteroatoms. The quantitative estimate of drug-likeness (QED) is 0.750. The molecule has 1 saturated heterocycles. The fourth-order valence-corrected chi connectivity index (χ4v) is 2.34. The number of nitrogens with two attached hydrogens (primary N) is 1. The topological polar surface area (TPSA) is 58.4 Å². The Morgan fingerprint density at radius 3 is 2.39 bits per heavy atom. The summed E-state index contributed by atoms with van der Waals surface area (Å²) in [7, 11) is 0. The number of carbonyl (C=O) groups excluding carboxylic acids is 1. The molecule has 2 atom stereocenters. The average molecular weight is 255 g/mol. The minimum atomic E-state index is -0.382. The van der Waals surface area contributed by atoms with Crippen LogP contribution >= 0.6 is 0 Å². The Hall–Kier alpha value is -0.610. The fraction of sp³-hybridized carbons (Fsp3) is 0.929. The zero-order valence-corrected chi connectivity index (χ0v) is 12.1. The van der Waals surface area contributed by atoms with Gasteiger partial charge in [0.05, 0.1) is 6.04 Å². The number of carbonyl (C=O) groups is 1. The number of hydrogen-bond acceptors (Lipinski definition) is 3. The number of nitrogens with one attached hydrogen (secondary N) is 1. The number of likely N-dealkylation sites (tertiary alicyclic amines) is 1. The lowest BCUT2D eigenvalue weighted by atomic mass is 10.0. The van der Waals surface area contributed by atoms with Crippen molar-refractivity contribution >= 4 is 5.91 Å². The second-order valence-corrected chi connectivity index (χ2v) is 5.98. The zero-order chi connectivity index (χ0) is 13.5. The van der Waals surface area contributed by atoms with Gasteiger partial charge in [0.1, 0.15) is 0 Å². The highest BCUT2D eigenvalue weighted by molar-refractivity contribution is 5.81. The molecule has 0 spiro atoms. The van der Waals surface area contributed by atoms with E-state index in [1.807, 2.05) is 13.8 Å². The summed E-state index contributed by atoms with van der Waals surface area (Å²) < 4.78 is 0. The van der Waals surface area contributed by atoms with Gasteiger partial charge >= 0.3 is 0 Å². The van der Waals surface area contributed by atoms with Crippen molar-refractivity contribution in [1.29, 1.82) is 0 Å². The molecule has 0 aromatic carbocycles. The van der Waals surface area contributed by atoms with E-state index in [-0.39, 0.29) is 17.9 Å². The van der Waals surface area contributed by atoms with Crippen molar-refractivity contribution in [2.24, 2.45) is 17.6 Å². The van der Waals surface area contributed by atoms with E-state index in [9.17, 15) is 4.79 Å². The lowest BCUT2D eigenvalue weighted by Crippen LogP contribution is -2.46. The third kappa shape index (κ3) is 5.36. The number of rotatable bonds is 6. The highest BCUT2D eigenvalue weighted by Gasteiger charge is 2.18. The molecule has 0 radical (unpaired) electrons. The maximum absolute atomic E-state index is 11.7. The number of nitrogens with zero attached hydrogens (tertiary/aromatic N) is 1. The van der Waals surface area contributed by atoms with Crippen molar-refractivity contribution in [3.8, 4) is 0 Å². The van der Waals surface area contributed by atoms with Crippen LogP contribution in [0.4, 0.5) is 0 Å². The summed E-state index contributed by atoms with van der Waals surface area (Å²) in [6.45, 7) is 10.4. The van der Waals surface area contributed by atoms with E-state index in [4.69, 9.17) is 5.73 Å². The Bertz CT molecular complexity index is 249. The highest BCUT2D eigenvalue weighted by Crippen LogP contribution is 2.10. The second kappa shape index (κ2) is 7.74. The van der Waals surface area contributed by atoms with Gasteiger partial charge in [-0.1, -0.05) is 27.2 Å². The Morgan fingerprint density at radius 1 is 1.22 bits per heavy atom. The van der Waals surface area contributed by atoms with Gasteiger partial charge in [0.15, 0.2) is 0 Å². The number of amides is 1. The van der Waals surface area contributed by atoms with Crippen LogP contribution in [-0.4, -0.2) is 43.0 Å². The second-order valence-electron chi connectivity index (χ2n) is 5.98. The van der Waals surface area contributed by atoms with E-state index in [2.05, 4.69) is 17.1 Å². The minimum absolute atomic E-state index is 0.0181. The number of piperidine rings is 1. The van der Waals surface area contributed by atoms with Gasteiger partial charge in [-0.3, -0.25) is 4.79 Å². The van der Waals surface area contributed by atoms with Crippen LogP contribution in [-0.2, 0) is 4.79 Å². The average Bonchev–Trinajstić information content (AvgIpc) is 2.36. The van der Waals surface area contributed by atoms with Gasteiger partial charge in [0.25, 0.3) is 0 Å². The molecular formula is C14H29N3O. The molecule has 4 nitrogen and oxygen atoms in total. The SMILES string of the molecule is CC(CNC(=O)C(N)C(C)C)CN1CCCCC1. The Morgan fingerprint density at radius 2 is 1.83 bits per heavy atom. The molecule has 0 saturated carbocycles. The van der Waals surface area contributed by atoms with Crippen molar-refractivity contribution in [3.05, 3.63) is 0 Å². The molecule has 1 heterocycles. The lowest BCUT2D eigenvalue weighted by Gasteiger charge is -2.29. The first-order chi connectivity index (χ1) is 8.50. The summed E-state index contributed by atoms with van der Waals surface area (Å²) in [6, 6.07) is -0.382. The first kappa shape index (κ1) is 15.4. The van der Waals surface area contributed by atoms with Crippen LogP contribution < -0.4 is 11.1 Å². The molecule has 0 aromatic rings. The molecule has 1 fully saturated rings. The summed E-state index contributed by atoms with van der Waals surface area (Å²) in [5.41, 5.74) is 5.81. The smallest absolute Gasteiger partial charge is 0.237 e. The highest BCUT2D eigenvalue weighted by atomic mass is 16.2. The van der Waals surface area contributed by atoms with Crippen molar-refractivity contribution < 1.29 is 4.79 Å². The molecular weight excluding hydrogens is 226 g/mol. The van der Waals surface area contributed by atoms with E-state index >= 15 is 0 Å². The Kier molecular flexibility index (Phi) is 6.65. The molecule has 1 aliphatic rings. The third-order valence-electron chi connectivity index (χ3n) is 3.66. The van der Waals surface area contributed by atoms with Crippen molar-refractivity contribution in [3.63, 3.8) is 0 Å². The summed E-state index contributed by atoms with van der Waals surface area (Å²) >= 11 is 0. The predicted molar refractivity (Wildman–Crippen MR) is 75.3 cm³/mol. The van der Waals surface area contributed by atoms with Gasteiger partial charge in [-0.15, -0.1) is 0 Å². The molecule has 0 aliphatic carbocycles. The van der Waals surface area contributed by atoms with E-state index in [1.165, 1.54) is 32.4 Å². The van der Waals surface area contributed by atoms with Crippen LogP contribution in [0.3, 0.4) is 0 Å². The predicted octanol–water partition coefficient (Wildman–Crippen LogP) is 1.21. The van der Waals surface area contributed by atoms with Crippen LogP contribution in [0, 0.1) is 11.8 Å². The van der Waals surface area contributed by atoms with Crippen LogP contribution in [0.5, 0.6) is 0 Å². The van der Waals surface area contributed by atoms with Gasteiger partial charge in [0, 0.05) is 13.1 Å². The molecule has 18 heavy (non-hydrogen) atoms. The molecule has 1 rings (SSSR count). The number of hydrogen-bond donors (Lipinski definition) is 2. The molecule has 106 valence electrons. The van der Waals surface area contributed by atoms with Gasteiger partial charge in [-0.25, -0.2) is 0 Å². The zero-order valence-electron chi connectivity index (χ0n) is 12.1. The van der Waals surface area contributed by atoms with Gasteiger partial charge in [-0.2, -0.15) is 0 Å². The van der Waals surface area contributed by atoms with E-state index < -0.39 is 0 Å². The van der Waals surface area contributed by atoms with E-state index in [1.54, 1.807) is 0 Å². The monoisotopic (exact) mass is 255 g/mol. The molecule has 3 N–H and O–H groups in total. The molecule has 0 aromatic heterocycles. The first-order valence-electron chi connectivity index (χ1n) is 7.26. The van der Waals surface area contributed by atoms with Gasteiger partial charge in [-0.05, 0) is 37.8 Å². The summed E-state index contributed by atoms with van der Waals surface area (Å²) in [4.78, 5) is 14.2. The van der Waals surface area contributed by atoms with Crippen LogP contribution in [0.2, 0.25) is 0 Å². The van der Waals surface area contributed by atoms with Gasteiger partial charge in [0.2, 0.25) is 5.91 Å². The third-order valence-corrected chi connectivity index (χ3v) is 3.66. The van der Waals surface area contributed by atoms with Crippen LogP contribution in [0.25, 0.3) is 0 Å². The van der Waals surface area contributed by atoms with Crippen LogP contribution in [0.15, 0.2) is 0 Å². The molecule has 2 unspecified atom stereocenters. The van der Waals surface area contributed by atoms with Gasteiger partial charge < -0.3 is 16.0 Å². The summed E-state index contributed by atoms with van der Waals surface area (Å²) in [5.74, 6) is 0.671. The van der Waals surface area contributed by atoms with Crippen molar-refractivity contribution in [2.75, 3.05) is 26.2 Å². The maximum atomic E-state index is 11.7. The van der Waals surface area contributed by atoms with Crippen LogP contribution in [0.1, 0.15) is 40.0 Å². The molecule has 1 amide bonds. The maximum Gasteiger partial charge on any atom is 0.237 e. The standard InChI is InChI=1S/C14H29N3O/c1-11(2)13(15)14(18)16-9-12(3)10-17-7-5-4-6-8-17/h11-13H,4-10,15H2,1-3H3,(H,16,18). The lowest BCUT2D eigenvalue weighted by molar-refractivity contribution is -0.123. The molecule has 0 bridgehead atoms. The largest absolute Gasteiger partial charge is 0.354 e. The van der Waals surface area contributed by atoms with Crippen molar-refractivity contribution in [1.82, 2.24) is 10.2 Å². The fourth-order valence-electron chi connectivity index (χ4n) is 2.34. The molecule has 1 aliphatic heterocycles.